The van der Waals surface area contributed by atoms with Crippen molar-refractivity contribution >= 4 is 29.5 Å². The topological polar surface area (TPSA) is 122 Å². The van der Waals surface area contributed by atoms with E-state index < -0.39 is 11.5 Å². The number of imidazole rings is 1. The summed E-state index contributed by atoms with van der Waals surface area (Å²) < 4.78 is 6.28. The van der Waals surface area contributed by atoms with E-state index in [1.807, 2.05) is 6.26 Å². The first kappa shape index (κ1) is 22.7. The summed E-state index contributed by atoms with van der Waals surface area (Å²) in [5.41, 5.74) is 1.08. The number of nitrogens with zero attached hydrogens (tertiary/aromatic N) is 4. The molecule has 3 N–H and O–H groups in total. The lowest BCUT2D eigenvalue weighted by Crippen LogP contribution is -2.37. The standard InChI is InChI=1S/C20H22ClN5O4S/c1-20(2,10-23-19(27)28)17-25-15(11-5-6-12(21)14(9-11)30-3)16(26(17)29)13-7-8-22-18(24-13)31-4/h5-9,23,29H,10H2,1-4H3,(H,27,28). The van der Waals surface area contributed by atoms with Gasteiger partial charge in [-0.3, -0.25) is 0 Å². The molecule has 1 aromatic carbocycles. The molecule has 0 bridgehead atoms. The van der Waals surface area contributed by atoms with Crippen LogP contribution in [0.4, 0.5) is 4.79 Å². The molecular formula is C20H22ClN5O4S. The number of carbonyl (C=O) groups is 1. The van der Waals surface area contributed by atoms with Gasteiger partial charge in [-0.05, 0) is 24.5 Å². The maximum Gasteiger partial charge on any atom is 0.404 e. The molecule has 0 unspecified atom stereocenters. The van der Waals surface area contributed by atoms with Crippen LogP contribution >= 0.6 is 23.4 Å². The Balaban J connectivity index is 2.24. The zero-order valence-electron chi connectivity index (χ0n) is 17.4. The molecule has 164 valence electrons. The van der Waals surface area contributed by atoms with E-state index >= 15 is 0 Å². The smallest absolute Gasteiger partial charge is 0.404 e. The predicted molar refractivity (Wildman–Crippen MR) is 118 cm³/mol. The van der Waals surface area contributed by atoms with E-state index in [9.17, 15) is 10.0 Å². The zero-order valence-corrected chi connectivity index (χ0v) is 19.0. The monoisotopic (exact) mass is 463 g/mol. The van der Waals surface area contributed by atoms with Gasteiger partial charge in [-0.15, -0.1) is 0 Å². The fraction of sp³-hybridized carbons (Fsp3) is 0.300. The molecule has 3 aromatic rings. The highest BCUT2D eigenvalue weighted by molar-refractivity contribution is 7.98. The summed E-state index contributed by atoms with van der Waals surface area (Å²) >= 11 is 7.54. The van der Waals surface area contributed by atoms with Gasteiger partial charge < -0.3 is 20.4 Å². The third-order valence-corrected chi connectivity index (χ3v) is 5.50. The quantitative estimate of drug-likeness (QED) is 0.271. The van der Waals surface area contributed by atoms with Crippen molar-refractivity contribution in [3.05, 3.63) is 41.3 Å². The van der Waals surface area contributed by atoms with E-state index in [4.69, 9.17) is 21.4 Å². The minimum atomic E-state index is -1.16. The number of amides is 1. The summed E-state index contributed by atoms with van der Waals surface area (Å²) in [6.45, 7) is 3.60. The van der Waals surface area contributed by atoms with E-state index in [0.717, 1.165) is 4.73 Å². The third-order valence-electron chi connectivity index (χ3n) is 4.62. The second-order valence-corrected chi connectivity index (χ2v) is 8.45. The van der Waals surface area contributed by atoms with Crippen LogP contribution in [0.1, 0.15) is 19.7 Å². The molecule has 0 radical (unpaired) electrons. The van der Waals surface area contributed by atoms with Crippen LogP contribution in [0.25, 0.3) is 22.6 Å². The number of nitrogens with one attached hydrogen (secondary N) is 1. The summed E-state index contributed by atoms with van der Waals surface area (Å²) in [4.78, 5) is 24.4. The van der Waals surface area contributed by atoms with Gasteiger partial charge in [-0.25, -0.2) is 19.7 Å². The van der Waals surface area contributed by atoms with E-state index in [2.05, 4.69) is 20.3 Å². The van der Waals surface area contributed by atoms with E-state index in [0.29, 0.717) is 38.6 Å². The molecule has 0 aliphatic heterocycles. The maximum atomic E-state index is 11.1. The van der Waals surface area contributed by atoms with Crippen LogP contribution in [0.15, 0.2) is 35.6 Å². The minimum Gasteiger partial charge on any atom is -0.495 e. The molecule has 0 saturated carbocycles. The number of benzene rings is 1. The van der Waals surface area contributed by atoms with Crippen LogP contribution in [0.5, 0.6) is 5.75 Å². The van der Waals surface area contributed by atoms with Crippen molar-refractivity contribution in [1.82, 2.24) is 25.0 Å². The molecule has 11 heteroatoms. The second kappa shape index (κ2) is 9.03. The number of hydrogen-bond acceptors (Lipinski definition) is 7. The molecule has 31 heavy (non-hydrogen) atoms. The molecule has 0 saturated heterocycles. The Hall–Kier alpha value is -2.98. The molecule has 0 atom stereocenters. The predicted octanol–water partition coefficient (Wildman–Crippen LogP) is 4.17. The fourth-order valence-electron chi connectivity index (χ4n) is 3.04. The molecule has 1 amide bonds. The van der Waals surface area contributed by atoms with Crippen LogP contribution in [-0.2, 0) is 5.41 Å². The van der Waals surface area contributed by atoms with Gasteiger partial charge >= 0.3 is 6.09 Å². The average molecular weight is 464 g/mol. The first-order valence-corrected chi connectivity index (χ1v) is 10.8. The van der Waals surface area contributed by atoms with Crippen molar-refractivity contribution in [3.8, 4) is 28.4 Å². The molecule has 3 rings (SSSR count). The van der Waals surface area contributed by atoms with E-state index in [1.54, 1.807) is 44.3 Å². The summed E-state index contributed by atoms with van der Waals surface area (Å²) in [7, 11) is 1.51. The van der Waals surface area contributed by atoms with Crippen molar-refractivity contribution in [1.29, 1.82) is 0 Å². The van der Waals surface area contributed by atoms with Gasteiger partial charge in [-0.2, -0.15) is 4.73 Å². The van der Waals surface area contributed by atoms with Gasteiger partial charge in [0, 0.05) is 23.7 Å². The summed E-state index contributed by atoms with van der Waals surface area (Å²) in [6, 6.07) is 6.84. The highest BCUT2D eigenvalue weighted by Gasteiger charge is 2.32. The van der Waals surface area contributed by atoms with Gasteiger partial charge in [0.2, 0.25) is 0 Å². The molecule has 0 aliphatic carbocycles. The van der Waals surface area contributed by atoms with Gasteiger partial charge in [-0.1, -0.05) is 43.3 Å². The summed E-state index contributed by atoms with van der Waals surface area (Å²) in [5, 5.41) is 23.5. The first-order valence-electron chi connectivity index (χ1n) is 9.18. The Morgan fingerprint density at radius 2 is 2.06 bits per heavy atom. The molecule has 2 heterocycles. The lowest BCUT2D eigenvalue weighted by Gasteiger charge is -2.23. The van der Waals surface area contributed by atoms with Crippen molar-refractivity contribution in [2.45, 2.75) is 24.4 Å². The van der Waals surface area contributed by atoms with Crippen LogP contribution in [0.3, 0.4) is 0 Å². The number of ether oxygens (including phenoxy) is 1. The molecule has 0 spiro atoms. The highest BCUT2D eigenvalue weighted by Crippen LogP contribution is 2.38. The fourth-order valence-corrected chi connectivity index (χ4v) is 3.59. The summed E-state index contributed by atoms with van der Waals surface area (Å²) in [5.74, 6) is 0.725. The highest BCUT2D eigenvalue weighted by atomic mass is 35.5. The molecule has 0 aliphatic rings. The van der Waals surface area contributed by atoms with Crippen LogP contribution in [-0.4, -0.2) is 56.0 Å². The Morgan fingerprint density at radius 1 is 1.32 bits per heavy atom. The van der Waals surface area contributed by atoms with Crippen molar-refractivity contribution in [3.63, 3.8) is 0 Å². The zero-order chi connectivity index (χ0) is 22.8. The largest absolute Gasteiger partial charge is 0.495 e. The Morgan fingerprint density at radius 3 is 2.71 bits per heavy atom. The minimum absolute atomic E-state index is 0.0442. The van der Waals surface area contributed by atoms with Crippen LogP contribution in [0.2, 0.25) is 5.02 Å². The van der Waals surface area contributed by atoms with Gasteiger partial charge in [0.25, 0.3) is 0 Å². The normalized spacial score (nSPS) is 11.4. The van der Waals surface area contributed by atoms with Crippen LogP contribution in [0, 0.1) is 0 Å². The second-order valence-electron chi connectivity index (χ2n) is 7.26. The third kappa shape index (κ3) is 4.70. The number of aromatic nitrogens is 4. The average Bonchev–Trinajstić information content (AvgIpc) is 3.10. The number of hydrogen-bond donors (Lipinski definition) is 3. The number of rotatable bonds is 7. The molecule has 9 nitrogen and oxygen atoms in total. The number of methoxy groups -OCH3 is 1. The lowest BCUT2D eigenvalue weighted by molar-refractivity contribution is 0.162. The lowest BCUT2D eigenvalue weighted by atomic mass is 9.92. The van der Waals surface area contributed by atoms with Gasteiger partial charge in [0.1, 0.15) is 17.1 Å². The Bertz CT molecular complexity index is 1120. The maximum absolute atomic E-state index is 11.1. The van der Waals surface area contributed by atoms with Gasteiger partial charge in [0.15, 0.2) is 11.0 Å². The molecular weight excluding hydrogens is 442 g/mol. The Labute approximate surface area is 188 Å². The Kier molecular flexibility index (Phi) is 6.61. The van der Waals surface area contributed by atoms with E-state index in [1.165, 1.54) is 18.9 Å². The summed E-state index contributed by atoms with van der Waals surface area (Å²) in [6.07, 6.45) is 2.30. The van der Waals surface area contributed by atoms with Crippen molar-refractivity contribution in [2.75, 3.05) is 19.9 Å². The molecule has 0 fully saturated rings. The van der Waals surface area contributed by atoms with E-state index in [-0.39, 0.29) is 12.4 Å². The number of carboxylic acid groups (broad SMARTS) is 1. The van der Waals surface area contributed by atoms with Crippen molar-refractivity contribution < 1.29 is 19.8 Å². The number of halogens is 1. The molecule has 2 aromatic heterocycles. The first-order chi connectivity index (χ1) is 14.7. The SMILES string of the molecule is COc1cc(-c2nc(C(C)(C)CNC(=O)O)n(O)c2-c2ccnc(SC)n2)ccc1Cl. The van der Waals surface area contributed by atoms with Crippen LogP contribution < -0.4 is 10.1 Å². The van der Waals surface area contributed by atoms with Gasteiger partial charge in [0.05, 0.1) is 17.8 Å². The number of thioether (sulfide) groups is 1. The van der Waals surface area contributed by atoms with Crippen molar-refractivity contribution in [2.24, 2.45) is 0 Å².